The van der Waals surface area contributed by atoms with E-state index in [0.717, 1.165) is 12.3 Å². The standard InChI is InChI=1S/C18H22N2O4S/c1-11(15-9-12-6-7-13(15)8-12)19-17(21)10-20-18(22)14-4-2-3-5-16(14)25(20,23)24/h2-5,11-13,15H,6-10H2,1H3,(H,19,21). The van der Waals surface area contributed by atoms with Crippen LogP contribution in [0.15, 0.2) is 29.2 Å². The van der Waals surface area contributed by atoms with E-state index in [2.05, 4.69) is 5.32 Å². The zero-order chi connectivity index (χ0) is 17.8. The summed E-state index contributed by atoms with van der Waals surface area (Å²) in [5.41, 5.74) is 0.136. The number of rotatable bonds is 4. The fraction of sp³-hybridized carbons (Fsp3) is 0.556. The molecule has 6 nitrogen and oxygen atoms in total. The molecule has 7 heteroatoms. The molecular weight excluding hydrogens is 340 g/mol. The van der Waals surface area contributed by atoms with Gasteiger partial charge in [0.25, 0.3) is 15.9 Å². The lowest BCUT2D eigenvalue weighted by Gasteiger charge is -2.29. The van der Waals surface area contributed by atoms with Crippen molar-refractivity contribution in [3.8, 4) is 0 Å². The van der Waals surface area contributed by atoms with Crippen LogP contribution in [0.5, 0.6) is 0 Å². The smallest absolute Gasteiger partial charge is 0.269 e. The molecule has 2 amide bonds. The van der Waals surface area contributed by atoms with Crippen molar-refractivity contribution < 1.29 is 18.0 Å². The molecule has 25 heavy (non-hydrogen) atoms. The van der Waals surface area contributed by atoms with Crippen molar-refractivity contribution in [2.24, 2.45) is 17.8 Å². The van der Waals surface area contributed by atoms with Crippen LogP contribution in [-0.4, -0.2) is 37.1 Å². The van der Waals surface area contributed by atoms with E-state index in [-0.39, 0.29) is 16.5 Å². The lowest BCUT2D eigenvalue weighted by Crippen LogP contribution is -2.46. The van der Waals surface area contributed by atoms with E-state index in [1.807, 2.05) is 6.92 Å². The third kappa shape index (κ3) is 2.65. The van der Waals surface area contributed by atoms with Gasteiger partial charge in [-0.25, -0.2) is 12.7 Å². The van der Waals surface area contributed by atoms with E-state index in [4.69, 9.17) is 0 Å². The molecule has 4 atom stereocenters. The average molecular weight is 362 g/mol. The maximum Gasteiger partial charge on any atom is 0.269 e. The first-order valence-electron chi connectivity index (χ1n) is 8.83. The SMILES string of the molecule is CC(NC(=O)CN1C(=O)c2ccccc2S1(=O)=O)C1CC2CCC1C2. The average Bonchev–Trinajstić information content (AvgIpc) is 3.25. The monoisotopic (exact) mass is 362 g/mol. The number of nitrogens with one attached hydrogen (secondary N) is 1. The molecule has 134 valence electrons. The topological polar surface area (TPSA) is 83.6 Å². The minimum absolute atomic E-state index is 0.00517. The zero-order valence-electron chi connectivity index (χ0n) is 14.1. The number of benzene rings is 1. The summed E-state index contributed by atoms with van der Waals surface area (Å²) < 4.78 is 25.7. The van der Waals surface area contributed by atoms with E-state index in [9.17, 15) is 18.0 Å². The van der Waals surface area contributed by atoms with Crippen molar-refractivity contribution in [1.29, 1.82) is 0 Å². The lowest BCUT2D eigenvalue weighted by molar-refractivity contribution is -0.122. The van der Waals surface area contributed by atoms with Crippen molar-refractivity contribution in [3.05, 3.63) is 29.8 Å². The highest BCUT2D eigenvalue weighted by Crippen LogP contribution is 2.49. The number of amides is 2. The number of carbonyl (C=O) groups excluding carboxylic acids is 2. The summed E-state index contributed by atoms with van der Waals surface area (Å²) in [5, 5.41) is 2.92. The Hall–Kier alpha value is -1.89. The summed E-state index contributed by atoms with van der Waals surface area (Å²) in [5.74, 6) is 0.871. The van der Waals surface area contributed by atoms with Crippen LogP contribution in [0.4, 0.5) is 0 Å². The molecule has 1 aromatic carbocycles. The molecule has 0 radical (unpaired) electrons. The third-order valence-corrected chi connectivity index (χ3v) is 7.81. The van der Waals surface area contributed by atoms with Crippen LogP contribution in [0.3, 0.4) is 0 Å². The Balaban J connectivity index is 1.44. The van der Waals surface area contributed by atoms with Crippen LogP contribution in [0.2, 0.25) is 0 Å². The van der Waals surface area contributed by atoms with E-state index in [1.54, 1.807) is 12.1 Å². The number of sulfonamides is 1. The minimum Gasteiger partial charge on any atom is -0.352 e. The molecule has 4 rings (SSSR count). The Morgan fingerprint density at radius 1 is 1.28 bits per heavy atom. The fourth-order valence-corrected chi connectivity index (χ4v) is 6.36. The van der Waals surface area contributed by atoms with Crippen LogP contribution in [0, 0.1) is 17.8 Å². The van der Waals surface area contributed by atoms with Crippen LogP contribution in [0.25, 0.3) is 0 Å². The molecule has 1 heterocycles. The predicted molar refractivity (Wildman–Crippen MR) is 91.2 cm³/mol. The number of fused-ring (bicyclic) bond motifs is 3. The molecule has 2 aliphatic carbocycles. The first kappa shape index (κ1) is 16.6. The molecule has 2 fully saturated rings. The molecule has 4 unspecified atom stereocenters. The van der Waals surface area contributed by atoms with Gasteiger partial charge in [-0.15, -0.1) is 0 Å². The summed E-state index contributed by atoms with van der Waals surface area (Å²) in [6.07, 6.45) is 4.90. The van der Waals surface area contributed by atoms with Gasteiger partial charge in [0.15, 0.2) is 0 Å². The van der Waals surface area contributed by atoms with E-state index in [0.29, 0.717) is 16.1 Å². The number of hydrogen-bond donors (Lipinski definition) is 1. The van der Waals surface area contributed by atoms with Crippen molar-refractivity contribution >= 4 is 21.8 Å². The van der Waals surface area contributed by atoms with Crippen LogP contribution >= 0.6 is 0 Å². The first-order chi connectivity index (χ1) is 11.9. The van der Waals surface area contributed by atoms with Gasteiger partial charge >= 0.3 is 0 Å². The second-order valence-corrected chi connectivity index (χ2v) is 9.34. The largest absolute Gasteiger partial charge is 0.352 e. The Labute approximate surface area is 147 Å². The molecule has 0 spiro atoms. The van der Waals surface area contributed by atoms with Crippen LogP contribution < -0.4 is 5.32 Å². The Morgan fingerprint density at radius 3 is 2.68 bits per heavy atom. The summed E-state index contributed by atoms with van der Waals surface area (Å²) in [6.45, 7) is 1.53. The molecule has 1 aromatic rings. The molecule has 1 N–H and O–H groups in total. The van der Waals surface area contributed by atoms with Gasteiger partial charge in [0, 0.05) is 6.04 Å². The molecule has 2 bridgehead atoms. The Bertz CT molecular complexity index is 835. The Morgan fingerprint density at radius 2 is 2.04 bits per heavy atom. The van der Waals surface area contributed by atoms with Crippen molar-refractivity contribution in [2.45, 2.75) is 43.5 Å². The fourth-order valence-electron chi connectivity index (χ4n) is 4.83. The van der Waals surface area contributed by atoms with E-state index >= 15 is 0 Å². The molecule has 2 saturated carbocycles. The highest BCUT2D eigenvalue weighted by molar-refractivity contribution is 7.90. The predicted octanol–water partition coefficient (Wildman–Crippen LogP) is 1.77. The maximum atomic E-state index is 12.5. The minimum atomic E-state index is -3.93. The summed E-state index contributed by atoms with van der Waals surface area (Å²) in [6, 6.07) is 6.08. The van der Waals surface area contributed by atoms with E-state index < -0.39 is 28.4 Å². The van der Waals surface area contributed by atoms with Gasteiger partial charge in [0.05, 0.1) is 5.56 Å². The van der Waals surface area contributed by atoms with Gasteiger partial charge in [0.1, 0.15) is 11.4 Å². The second kappa shape index (κ2) is 5.83. The summed E-state index contributed by atoms with van der Waals surface area (Å²) in [4.78, 5) is 24.7. The first-order valence-corrected chi connectivity index (χ1v) is 10.3. The van der Waals surface area contributed by atoms with Crippen LogP contribution in [-0.2, 0) is 14.8 Å². The highest BCUT2D eigenvalue weighted by Gasteiger charge is 2.44. The number of hydrogen-bond acceptors (Lipinski definition) is 4. The molecular formula is C18H22N2O4S. The maximum absolute atomic E-state index is 12.5. The van der Waals surface area contributed by atoms with Gasteiger partial charge < -0.3 is 5.32 Å². The molecule has 0 saturated heterocycles. The number of carbonyl (C=O) groups is 2. The van der Waals surface area contributed by atoms with Gasteiger partial charge in [-0.3, -0.25) is 9.59 Å². The molecule has 0 aromatic heterocycles. The molecule has 1 aliphatic heterocycles. The zero-order valence-corrected chi connectivity index (χ0v) is 15.0. The number of nitrogens with zero attached hydrogens (tertiary/aromatic N) is 1. The summed E-state index contributed by atoms with van der Waals surface area (Å²) >= 11 is 0. The normalized spacial score (nSPS) is 30.4. The second-order valence-electron chi connectivity index (χ2n) is 7.51. The van der Waals surface area contributed by atoms with E-state index in [1.165, 1.54) is 31.4 Å². The third-order valence-electron chi connectivity index (χ3n) is 6.02. The van der Waals surface area contributed by atoms with Crippen molar-refractivity contribution in [2.75, 3.05) is 6.54 Å². The van der Waals surface area contributed by atoms with Crippen LogP contribution in [0.1, 0.15) is 43.0 Å². The summed E-state index contributed by atoms with van der Waals surface area (Å²) in [7, 11) is -3.93. The quantitative estimate of drug-likeness (QED) is 0.885. The highest BCUT2D eigenvalue weighted by atomic mass is 32.2. The van der Waals surface area contributed by atoms with Gasteiger partial charge in [-0.05, 0) is 56.1 Å². The van der Waals surface area contributed by atoms with Gasteiger partial charge in [-0.2, -0.15) is 0 Å². The van der Waals surface area contributed by atoms with Gasteiger partial charge in [-0.1, -0.05) is 18.6 Å². The Kier molecular flexibility index (Phi) is 3.86. The van der Waals surface area contributed by atoms with Crippen molar-refractivity contribution in [3.63, 3.8) is 0 Å². The lowest BCUT2D eigenvalue weighted by atomic mass is 9.84. The molecule has 3 aliphatic rings. The van der Waals surface area contributed by atoms with Gasteiger partial charge in [0.2, 0.25) is 5.91 Å². The van der Waals surface area contributed by atoms with Crippen molar-refractivity contribution in [1.82, 2.24) is 9.62 Å².